The average molecular weight is 283 g/mol. The van der Waals surface area contributed by atoms with E-state index >= 15 is 0 Å². The van der Waals surface area contributed by atoms with Gasteiger partial charge in [-0.1, -0.05) is 0 Å². The lowest BCUT2D eigenvalue weighted by atomic mass is 10.2. The molecule has 0 aromatic heterocycles. The van der Waals surface area contributed by atoms with E-state index in [-0.39, 0.29) is 12.3 Å². The molecular formula is C15H25NO4. The highest BCUT2D eigenvalue weighted by atomic mass is 16.7. The molecule has 0 radical (unpaired) electrons. The van der Waals surface area contributed by atoms with E-state index in [2.05, 4.69) is 4.90 Å². The second-order valence-corrected chi connectivity index (χ2v) is 5.19. The van der Waals surface area contributed by atoms with Crippen LogP contribution in [0.1, 0.15) is 39.0 Å². The van der Waals surface area contributed by atoms with E-state index in [1.165, 1.54) is 12.8 Å². The van der Waals surface area contributed by atoms with Gasteiger partial charge in [0.15, 0.2) is 6.29 Å². The molecule has 2 saturated heterocycles. The Bertz CT molecular complexity index is 331. The summed E-state index contributed by atoms with van der Waals surface area (Å²) in [5, 5.41) is 0. The second kappa shape index (κ2) is 8.27. The molecule has 114 valence electrons. The number of carbonyl (C=O) groups is 1. The summed E-state index contributed by atoms with van der Waals surface area (Å²) in [4.78, 5) is 13.9. The van der Waals surface area contributed by atoms with Crippen LogP contribution in [0.25, 0.3) is 0 Å². The SMILES string of the molecule is CCOC(=O)/C=C(\COC1CCCCO1)N1CCCC1. The Labute approximate surface area is 120 Å². The summed E-state index contributed by atoms with van der Waals surface area (Å²) < 4.78 is 16.4. The van der Waals surface area contributed by atoms with Crippen molar-refractivity contribution in [1.29, 1.82) is 0 Å². The van der Waals surface area contributed by atoms with Gasteiger partial charge in [-0.3, -0.25) is 0 Å². The summed E-state index contributed by atoms with van der Waals surface area (Å²) in [5.41, 5.74) is 0.912. The predicted molar refractivity (Wildman–Crippen MR) is 75.1 cm³/mol. The topological polar surface area (TPSA) is 48.0 Å². The number of hydrogen-bond acceptors (Lipinski definition) is 5. The monoisotopic (exact) mass is 283 g/mol. The first-order valence-corrected chi connectivity index (χ1v) is 7.65. The van der Waals surface area contributed by atoms with Gasteiger partial charge in [-0.05, 0) is 39.0 Å². The van der Waals surface area contributed by atoms with Crippen molar-refractivity contribution in [1.82, 2.24) is 4.90 Å². The van der Waals surface area contributed by atoms with Gasteiger partial charge in [0.05, 0.1) is 13.2 Å². The predicted octanol–water partition coefficient (Wildman–Crippen LogP) is 2.07. The van der Waals surface area contributed by atoms with Crippen LogP contribution in [0.3, 0.4) is 0 Å². The van der Waals surface area contributed by atoms with Gasteiger partial charge in [0.2, 0.25) is 0 Å². The lowest BCUT2D eigenvalue weighted by Gasteiger charge is -2.26. The molecular weight excluding hydrogens is 258 g/mol. The van der Waals surface area contributed by atoms with E-state index in [9.17, 15) is 4.79 Å². The number of hydrogen-bond donors (Lipinski definition) is 0. The lowest BCUT2D eigenvalue weighted by molar-refractivity contribution is -0.159. The molecule has 0 aromatic rings. The van der Waals surface area contributed by atoms with Gasteiger partial charge in [-0.2, -0.15) is 0 Å². The van der Waals surface area contributed by atoms with Crippen molar-refractivity contribution in [2.75, 3.05) is 32.9 Å². The molecule has 1 atom stereocenters. The van der Waals surface area contributed by atoms with Crippen molar-refractivity contribution in [3.63, 3.8) is 0 Å². The molecule has 1 unspecified atom stereocenters. The third-order valence-electron chi connectivity index (χ3n) is 3.64. The van der Waals surface area contributed by atoms with Gasteiger partial charge in [0, 0.05) is 31.5 Å². The van der Waals surface area contributed by atoms with Crippen LogP contribution in [-0.2, 0) is 19.0 Å². The van der Waals surface area contributed by atoms with E-state index in [1.807, 2.05) is 6.92 Å². The first-order chi connectivity index (χ1) is 9.79. The molecule has 0 aliphatic carbocycles. The fourth-order valence-electron chi connectivity index (χ4n) is 2.57. The summed E-state index contributed by atoms with van der Waals surface area (Å²) in [7, 11) is 0. The van der Waals surface area contributed by atoms with Crippen LogP contribution in [0.5, 0.6) is 0 Å². The highest BCUT2D eigenvalue weighted by Crippen LogP contribution is 2.18. The third kappa shape index (κ3) is 4.80. The zero-order chi connectivity index (χ0) is 14.2. The lowest BCUT2D eigenvalue weighted by Crippen LogP contribution is -2.28. The summed E-state index contributed by atoms with van der Waals surface area (Å²) >= 11 is 0. The van der Waals surface area contributed by atoms with Gasteiger partial charge < -0.3 is 19.1 Å². The fourth-order valence-corrected chi connectivity index (χ4v) is 2.57. The molecule has 0 saturated carbocycles. The van der Waals surface area contributed by atoms with Gasteiger partial charge in [0.1, 0.15) is 0 Å². The number of rotatable bonds is 6. The normalized spacial score (nSPS) is 23.9. The molecule has 5 heteroatoms. The minimum absolute atomic E-state index is 0.128. The van der Waals surface area contributed by atoms with Crippen LogP contribution in [0.15, 0.2) is 11.8 Å². The smallest absolute Gasteiger partial charge is 0.332 e. The van der Waals surface area contributed by atoms with Crippen LogP contribution in [0.2, 0.25) is 0 Å². The molecule has 2 aliphatic heterocycles. The van der Waals surface area contributed by atoms with E-state index < -0.39 is 0 Å². The average Bonchev–Trinajstić information content (AvgIpc) is 2.99. The van der Waals surface area contributed by atoms with Crippen LogP contribution >= 0.6 is 0 Å². The Balaban J connectivity index is 1.89. The van der Waals surface area contributed by atoms with E-state index in [1.54, 1.807) is 6.08 Å². The fraction of sp³-hybridized carbons (Fsp3) is 0.800. The van der Waals surface area contributed by atoms with Crippen LogP contribution in [-0.4, -0.2) is 50.1 Å². The number of esters is 1. The van der Waals surface area contributed by atoms with Gasteiger partial charge in [-0.15, -0.1) is 0 Å². The maximum absolute atomic E-state index is 11.6. The molecule has 0 N–H and O–H groups in total. The van der Waals surface area contributed by atoms with Crippen LogP contribution < -0.4 is 0 Å². The summed E-state index contributed by atoms with van der Waals surface area (Å²) in [6, 6.07) is 0. The van der Waals surface area contributed by atoms with Crippen LogP contribution in [0.4, 0.5) is 0 Å². The van der Waals surface area contributed by atoms with Crippen molar-refractivity contribution in [3.05, 3.63) is 11.8 Å². The summed E-state index contributed by atoms with van der Waals surface area (Å²) in [5.74, 6) is -0.289. The van der Waals surface area contributed by atoms with Gasteiger partial charge in [-0.25, -0.2) is 4.79 Å². The quantitative estimate of drug-likeness (QED) is 0.552. The van der Waals surface area contributed by atoms with Crippen molar-refractivity contribution >= 4 is 5.97 Å². The number of carbonyl (C=O) groups excluding carboxylic acids is 1. The standard InChI is InChI=1S/C15H25NO4/c1-2-18-14(17)11-13(16-8-4-5-9-16)12-20-15-7-3-6-10-19-15/h11,15H,2-10,12H2,1H3/b13-11+. The third-order valence-corrected chi connectivity index (χ3v) is 3.64. The summed E-state index contributed by atoms with van der Waals surface area (Å²) in [6.07, 6.45) is 6.96. The Morgan fingerprint density at radius 3 is 2.75 bits per heavy atom. The van der Waals surface area contributed by atoms with Crippen LogP contribution in [0, 0.1) is 0 Å². The molecule has 2 rings (SSSR count). The Morgan fingerprint density at radius 1 is 1.30 bits per heavy atom. The highest BCUT2D eigenvalue weighted by molar-refractivity contribution is 5.82. The minimum Gasteiger partial charge on any atom is -0.463 e. The minimum atomic E-state index is -0.289. The number of likely N-dealkylation sites (tertiary alicyclic amines) is 1. The first kappa shape index (κ1) is 15.3. The van der Waals surface area contributed by atoms with Crippen molar-refractivity contribution < 1.29 is 19.0 Å². The summed E-state index contributed by atoms with van der Waals surface area (Å²) in [6.45, 7) is 5.37. The Kier molecular flexibility index (Phi) is 6.33. The number of nitrogens with zero attached hydrogens (tertiary/aromatic N) is 1. The molecule has 5 nitrogen and oxygen atoms in total. The number of ether oxygens (including phenoxy) is 3. The molecule has 2 aliphatic rings. The van der Waals surface area contributed by atoms with E-state index in [0.717, 1.165) is 44.7 Å². The molecule has 20 heavy (non-hydrogen) atoms. The van der Waals surface area contributed by atoms with Crippen molar-refractivity contribution in [2.45, 2.75) is 45.3 Å². The maximum Gasteiger partial charge on any atom is 0.332 e. The molecule has 2 heterocycles. The zero-order valence-electron chi connectivity index (χ0n) is 12.3. The maximum atomic E-state index is 11.6. The molecule has 0 amide bonds. The largest absolute Gasteiger partial charge is 0.463 e. The molecule has 2 fully saturated rings. The molecule has 0 bridgehead atoms. The second-order valence-electron chi connectivity index (χ2n) is 5.19. The zero-order valence-corrected chi connectivity index (χ0v) is 12.3. The Morgan fingerprint density at radius 2 is 2.10 bits per heavy atom. The van der Waals surface area contributed by atoms with Gasteiger partial charge >= 0.3 is 5.97 Å². The van der Waals surface area contributed by atoms with E-state index in [0.29, 0.717) is 13.2 Å². The first-order valence-electron chi connectivity index (χ1n) is 7.65. The van der Waals surface area contributed by atoms with E-state index in [4.69, 9.17) is 14.2 Å². The molecule has 0 aromatic carbocycles. The van der Waals surface area contributed by atoms with Crippen molar-refractivity contribution in [3.8, 4) is 0 Å². The Hall–Kier alpha value is -1.07. The van der Waals surface area contributed by atoms with Crippen molar-refractivity contribution in [2.24, 2.45) is 0 Å². The van der Waals surface area contributed by atoms with Gasteiger partial charge in [0.25, 0.3) is 0 Å². The highest BCUT2D eigenvalue weighted by Gasteiger charge is 2.20. The molecule has 0 spiro atoms.